The molecule has 5 heteroatoms. The first kappa shape index (κ1) is 11.4. The zero-order valence-corrected chi connectivity index (χ0v) is 9.08. The molecule has 0 aromatic carbocycles. The van der Waals surface area contributed by atoms with Gasteiger partial charge in [0, 0.05) is 19.3 Å². The third kappa shape index (κ3) is 2.05. The van der Waals surface area contributed by atoms with Crippen molar-refractivity contribution >= 4 is 0 Å². The molecule has 2 rings (SSSR count). The van der Waals surface area contributed by atoms with Crippen LogP contribution in [-0.4, -0.2) is 34.7 Å². The van der Waals surface area contributed by atoms with Gasteiger partial charge in [-0.2, -0.15) is 8.78 Å². The van der Waals surface area contributed by atoms with E-state index in [2.05, 4.69) is 4.98 Å². The molecule has 1 aromatic rings. The molecule has 1 aliphatic rings. The summed E-state index contributed by atoms with van der Waals surface area (Å²) in [6.45, 7) is 2.06. The predicted octanol–water partition coefficient (Wildman–Crippen LogP) is 1.29. The quantitative estimate of drug-likeness (QED) is 0.828. The Kier molecular flexibility index (Phi) is 2.90. The molecule has 0 saturated carbocycles. The van der Waals surface area contributed by atoms with Gasteiger partial charge in [-0.15, -0.1) is 0 Å². The number of rotatable bonds is 2. The number of β-amino-alcohol motifs (C(OH)–C–C–N with tert-alkyl or cyclic N) is 1. The van der Waals surface area contributed by atoms with E-state index >= 15 is 0 Å². The maximum absolute atomic E-state index is 13.7. The first-order valence-electron chi connectivity index (χ1n) is 5.20. The van der Waals surface area contributed by atoms with Gasteiger partial charge < -0.3 is 5.11 Å². The van der Waals surface area contributed by atoms with Crippen LogP contribution in [0.4, 0.5) is 8.78 Å². The Bertz CT molecular complexity index is 396. The number of alkyl halides is 2. The third-order valence-electron chi connectivity index (χ3n) is 2.68. The Balaban J connectivity index is 2.35. The third-order valence-corrected chi connectivity index (χ3v) is 2.68. The highest BCUT2D eigenvalue weighted by molar-refractivity contribution is 5.30. The Morgan fingerprint density at radius 3 is 3.00 bits per heavy atom. The molecule has 0 radical (unpaired) electrons. The van der Waals surface area contributed by atoms with Crippen molar-refractivity contribution in [2.75, 3.05) is 19.7 Å². The van der Waals surface area contributed by atoms with Crippen molar-refractivity contribution in [1.82, 2.24) is 9.88 Å². The molecule has 0 atom stereocenters. The fourth-order valence-corrected chi connectivity index (χ4v) is 2.03. The highest BCUT2D eigenvalue weighted by Gasteiger charge is 2.41. The zero-order chi connectivity index (χ0) is 11.8. The van der Waals surface area contributed by atoms with E-state index in [1.54, 1.807) is 11.0 Å². The Morgan fingerprint density at radius 1 is 1.56 bits per heavy atom. The maximum Gasteiger partial charge on any atom is 0.302 e. The van der Waals surface area contributed by atoms with Crippen molar-refractivity contribution in [3.63, 3.8) is 0 Å². The molecule has 88 valence electrons. The van der Waals surface area contributed by atoms with Crippen molar-refractivity contribution in [2.24, 2.45) is 0 Å². The normalized spacial score (nSPS) is 19.5. The average molecular weight is 228 g/mol. The standard InChI is InChI=1S/C11H14F2N2O/c1-8-4-9-6-15(2-3-16)7-11(12,13)10(9)14-5-8/h4-5,16H,2-3,6-7H2,1H3. The predicted molar refractivity (Wildman–Crippen MR) is 55.2 cm³/mol. The molecule has 1 aliphatic heterocycles. The molecule has 0 aliphatic carbocycles. The molecular weight excluding hydrogens is 214 g/mol. The van der Waals surface area contributed by atoms with Crippen LogP contribution in [0, 0.1) is 6.92 Å². The van der Waals surface area contributed by atoms with E-state index in [0.717, 1.165) is 5.56 Å². The molecule has 2 heterocycles. The number of aliphatic hydroxyl groups excluding tert-OH is 1. The van der Waals surface area contributed by atoms with Crippen molar-refractivity contribution in [2.45, 2.75) is 19.4 Å². The first-order chi connectivity index (χ1) is 7.53. The number of hydrogen-bond acceptors (Lipinski definition) is 3. The second-order valence-electron chi connectivity index (χ2n) is 4.16. The molecule has 1 aromatic heterocycles. The number of nitrogens with zero attached hydrogens (tertiary/aromatic N) is 2. The smallest absolute Gasteiger partial charge is 0.302 e. The minimum Gasteiger partial charge on any atom is -0.395 e. The van der Waals surface area contributed by atoms with Gasteiger partial charge in [-0.1, -0.05) is 6.07 Å². The van der Waals surface area contributed by atoms with E-state index in [0.29, 0.717) is 12.1 Å². The van der Waals surface area contributed by atoms with Crippen molar-refractivity contribution in [3.05, 3.63) is 29.1 Å². The van der Waals surface area contributed by atoms with Gasteiger partial charge in [0.15, 0.2) is 0 Å². The van der Waals surface area contributed by atoms with Crippen LogP contribution in [0.3, 0.4) is 0 Å². The van der Waals surface area contributed by atoms with E-state index in [-0.39, 0.29) is 25.4 Å². The van der Waals surface area contributed by atoms with Gasteiger partial charge in [-0.25, -0.2) is 0 Å². The summed E-state index contributed by atoms with van der Waals surface area (Å²) in [5.74, 6) is -2.92. The molecule has 1 N–H and O–H groups in total. The van der Waals surface area contributed by atoms with E-state index in [9.17, 15) is 8.78 Å². The fraction of sp³-hybridized carbons (Fsp3) is 0.545. The van der Waals surface area contributed by atoms with E-state index in [4.69, 9.17) is 5.11 Å². The van der Waals surface area contributed by atoms with E-state index in [1.807, 2.05) is 6.92 Å². The molecule has 0 unspecified atom stereocenters. The van der Waals surface area contributed by atoms with Gasteiger partial charge in [-0.05, 0) is 18.1 Å². The lowest BCUT2D eigenvalue weighted by atomic mass is 10.0. The van der Waals surface area contributed by atoms with Gasteiger partial charge in [0.2, 0.25) is 0 Å². The highest BCUT2D eigenvalue weighted by Crippen LogP contribution is 2.35. The molecule has 0 saturated heterocycles. The number of pyridine rings is 1. The molecule has 0 fully saturated rings. The lowest BCUT2D eigenvalue weighted by molar-refractivity contribution is -0.0588. The van der Waals surface area contributed by atoms with E-state index in [1.165, 1.54) is 6.20 Å². The Labute approximate surface area is 92.7 Å². The zero-order valence-electron chi connectivity index (χ0n) is 9.08. The summed E-state index contributed by atoms with van der Waals surface area (Å²) in [5, 5.41) is 8.79. The average Bonchev–Trinajstić information content (AvgIpc) is 2.15. The highest BCUT2D eigenvalue weighted by atomic mass is 19.3. The SMILES string of the molecule is Cc1cnc2c(c1)CN(CCO)CC2(F)F. The number of aliphatic hydroxyl groups is 1. The molecule has 16 heavy (non-hydrogen) atoms. The van der Waals surface area contributed by atoms with Gasteiger partial charge >= 0.3 is 5.92 Å². The minimum atomic E-state index is -2.92. The van der Waals surface area contributed by atoms with Gasteiger partial charge in [0.25, 0.3) is 0 Å². The molecular formula is C11H14F2N2O. The summed E-state index contributed by atoms with van der Waals surface area (Å²) >= 11 is 0. The Morgan fingerprint density at radius 2 is 2.31 bits per heavy atom. The first-order valence-corrected chi connectivity index (χ1v) is 5.20. The van der Waals surface area contributed by atoms with Crippen LogP contribution in [0.15, 0.2) is 12.3 Å². The number of aromatic nitrogens is 1. The summed E-state index contributed by atoms with van der Waals surface area (Å²) in [6, 6.07) is 1.74. The molecule has 3 nitrogen and oxygen atoms in total. The topological polar surface area (TPSA) is 36.4 Å². The summed E-state index contributed by atoms with van der Waals surface area (Å²) in [5.41, 5.74) is 1.32. The molecule has 0 spiro atoms. The van der Waals surface area contributed by atoms with Crippen molar-refractivity contribution in [1.29, 1.82) is 0 Å². The van der Waals surface area contributed by atoms with Crippen molar-refractivity contribution < 1.29 is 13.9 Å². The lowest BCUT2D eigenvalue weighted by Gasteiger charge is -2.33. The van der Waals surface area contributed by atoms with Gasteiger partial charge in [0.05, 0.1) is 13.2 Å². The maximum atomic E-state index is 13.7. The van der Waals surface area contributed by atoms with Crippen LogP contribution in [0.5, 0.6) is 0 Å². The molecule has 0 bridgehead atoms. The number of halogens is 2. The van der Waals surface area contributed by atoms with E-state index < -0.39 is 5.92 Å². The summed E-state index contributed by atoms with van der Waals surface area (Å²) in [4.78, 5) is 5.37. The lowest BCUT2D eigenvalue weighted by Crippen LogP contribution is -2.42. The summed E-state index contributed by atoms with van der Waals surface area (Å²) in [6.07, 6.45) is 1.47. The second kappa shape index (κ2) is 4.07. The van der Waals surface area contributed by atoms with Crippen LogP contribution >= 0.6 is 0 Å². The van der Waals surface area contributed by atoms with Crippen LogP contribution in [0.2, 0.25) is 0 Å². The van der Waals surface area contributed by atoms with Gasteiger partial charge in [0.1, 0.15) is 5.69 Å². The minimum absolute atomic E-state index is 0.106. The molecule has 0 amide bonds. The monoisotopic (exact) mass is 228 g/mol. The fourth-order valence-electron chi connectivity index (χ4n) is 2.03. The Hall–Kier alpha value is -1.07. The van der Waals surface area contributed by atoms with Crippen LogP contribution < -0.4 is 0 Å². The largest absolute Gasteiger partial charge is 0.395 e. The van der Waals surface area contributed by atoms with Crippen LogP contribution in [0.25, 0.3) is 0 Å². The number of fused-ring (bicyclic) bond motifs is 1. The van der Waals surface area contributed by atoms with Crippen LogP contribution in [0.1, 0.15) is 16.8 Å². The van der Waals surface area contributed by atoms with Gasteiger partial charge in [-0.3, -0.25) is 9.88 Å². The van der Waals surface area contributed by atoms with Crippen LogP contribution in [-0.2, 0) is 12.5 Å². The number of aryl methyl sites for hydroxylation is 1. The summed E-state index contributed by atoms with van der Waals surface area (Å²) in [7, 11) is 0. The second-order valence-corrected chi connectivity index (χ2v) is 4.16. The van der Waals surface area contributed by atoms with Crippen molar-refractivity contribution in [3.8, 4) is 0 Å². The number of hydrogen-bond donors (Lipinski definition) is 1. The summed E-state index contributed by atoms with van der Waals surface area (Å²) < 4.78 is 27.4.